The number of carboxylic acids is 1. The highest BCUT2D eigenvalue weighted by atomic mass is 16.5. The summed E-state index contributed by atoms with van der Waals surface area (Å²) in [5.74, 6) is -0.310. The summed E-state index contributed by atoms with van der Waals surface area (Å²) in [4.78, 5) is 10.8. The summed E-state index contributed by atoms with van der Waals surface area (Å²) in [6.45, 7) is 3.98. The summed E-state index contributed by atoms with van der Waals surface area (Å²) < 4.78 is 5.73. The van der Waals surface area contributed by atoms with Crippen molar-refractivity contribution in [3.63, 3.8) is 0 Å². The van der Waals surface area contributed by atoms with E-state index in [0.29, 0.717) is 12.4 Å². The van der Waals surface area contributed by atoms with Crippen molar-refractivity contribution >= 4 is 5.97 Å². The Balaban J connectivity index is 2.11. The lowest BCUT2D eigenvalue weighted by atomic mass is 10.1. The zero-order chi connectivity index (χ0) is 15.4. The third-order valence-corrected chi connectivity index (χ3v) is 3.21. The van der Waals surface area contributed by atoms with Crippen LogP contribution in [0.1, 0.15) is 40.1 Å². The highest BCUT2D eigenvalue weighted by molar-refractivity contribution is 5.87. The van der Waals surface area contributed by atoms with Gasteiger partial charge in [0, 0.05) is 5.56 Å². The summed E-state index contributed by atoms with van der Waals surface area (Å²) in [6.07, 6.45) is -0.603. The fourth-order valence-corrected chi connectivity index (χ4v) is 2.03. The topological polar surface area (TPSA) is 66.8 Å². The van der Waals surface area contributed by atoms with Gasteiger partial charge in [0.2, 0.25) is 0 Å². The molecule has 0 aliphatic carbocycles. The number of rotatable bonds is 5. The molecule has 4 heteroatoms. The quantitative estimate of drug-likeness (QED) is 0.884. The molecule has 2 aromatic carbocycles. The minimum Gasteiger partial charge on any atom is -0.489 e. The van der Waals surface area contributed by atoms with E-state index in [2.05, 4.69) is 0 Å². The van der Waals surface area contributed by atoms with Crippen LogP contribution in [0.4, 0.5) is 0 Å². The maximum atomic E-state index is 10.8. The first-order valence-corrected chi connectivity index (χ1v) is 6.71. The zero-order valence-electron chi connectivity index (χ0n) is 12.0. The first-order valence-electron chi connectivity index (χ1n) is 6.71. The second kappa shape index (κ2) is 6.41. The van der Waals surface area contributed by atoms with Crippen LogP contribution >= 0.6 is 0 Å². The molecule has 1 unspecified atom stereocenters. The van der Waals surface area contributed by atoms with E-state index in [1.807, 2.05) is 25.1 Å². The molecule has 1 atom stereocenters. The Bertz CT molecular complexity index is 630. The van der Waals surface area contributed by atoms with Crippen LogP contribution < -0.4 is 4.74 Å². The Labute approximate surface area is 123 Å². The molecule has 21 heavy (non-hydrogen) atoms. The van der Waals surface area contributed by atoms with Crippen molar-refractivity contribution in [1.29, 1.82) is 0 Å². The van der Waals surface area contributed by atoms with E-state index < -0.39 is 12.1 Å². The van der Waals surface area contributed by atoms with Gasteiger partial charge in [-0.1, -0.05) is 23.8 Å². The first kappa shape index (κ1) is 15.1. The first-order chi connectivity index (χ1) is 9.97. The second-order valence-electron chi connectivity index (χ2n) is 5.01. The lowest BCUT2D eigenvalue weighted by Gasteiger charge is -2.14. The van der Waals surface area contributed by atoms with Crippen molar-refractivity contribution in [3.05, 3.63) is 64.7 Å². The molecule has 0 saturated carbocycles. The standard InChI is InChI=1S/C17H18O4/c1-11-3-8-16(15(9-11)12(2)18)21-10-13-4-6-14(7-5-13)17(19)20/h3-9,12,18H,10H2,1-2H3,(H,19,20). The predicted molar refractivity (Wildman–Crippen MR) is 79.5 cm³/mol. The fraction of sp³-hybridized carbons (Fsp3) is 0.235. The van der Waals surface area contributed by atoms with Crippen molar-refractivity contribution in [2.45, 2.75) is 26.6 Å². The smallest absolute Gasteiger partial charge is 0.335 e. The lowest BCUT2D eigenvalue weighted by molar-refractivity contribution is 0.0697. The molecular weight excluding hydrogens is 268 g/mol. The summed E-state index contributed by atoms with van der Waals surface area (Å²) in [7, 11) is 0. The Kier molecular flexibility index (Phi) is 4.60. The fourth-order valence-electron chi connectivity index (χ4n) is 2.03. The van der Waals surface area contributed by atoms with E-state index in [0.717, 1.165) is 16.7 Å². The van der Waals surface area contributed by atoms with Crippen molar-refractivity contribution in [2.24, 2.45) is 0 Å². The van der Waals surface area contributed by atoms with E-state index >= 15 is 0 Å². The maximum Gasteiger partial charge on any atom is 0.335 e. The molecule has 4 nitrogen and oxygen atoms in total. The Morgan fingerprint density at radius 2 is 1.86 bits per heavy atom. The van der Waals surface area contributed by atoms with E-state index in [-0.39, 0.29) is 5.56 Å². The molecule has 0 spiro atoms. The lowest BCUT2D eigenvalue weighted by Crippen LogP contribution is -2.02. The summed E-state index contributed by atoms with van der Waals surface area (Å²) in [5.41, 5.74) is 2.93. The molecule has 110 valence electrons. The number of ether oxygens (including phenoxy) is 1. The van der Waals surface area contributed by atoms with E-state index in [1.54, 1.807) is 31.2 Å². The Morgan fingerprint density at radius 1 is 1.19 bits per heavy atom. The van der Waals surface area contributed by atoms with Crippen molar-refractivity contribution in [2.75, 3.05) is 0 Å². The SMILES string of the molecule is Cc1ccc(OCc2ccc(C(=O)O)cc2)c(C(C)O)c1. The molecule has 0 saturated heterocycles. The van der Waals surface area contributed by atoms with Gasteiger partial charge in [-0.3, -0.25) is 0 Å². The number of carbonyl (C=O) groups is 1. The van der Waals surface area contributed by atoms with Crippen LogP contribution in [-0.2, 0) is 6.61 Å². The van der Waals surface area contributed by atoms with Crippen LogP contribution in [0, 0.1) is 6.92 Å². The molecule has 2 aromatic rings. The molecule has 0 aliphatic rings. The van der Waals surface area contributed by atoms with E-state index in [1.165, 1.54) is 0 Å². The monoisotopic (exact) mass is 286 g/mol. The number of carboxylic acid groups (broad SMARTS) is 1. The highest BCUT2D eigenvalue weighted by Gasteiger charge is 2.10. The normalized spacial score (nSPS) is 12.0. The van der Waals surface area contributed by atoms with E-state index in [4.69, 9.17) is 9.84 Å². The second-order valence-corrected chi connectivity index (χ2v) is 5.01. The molecule has 0 fully saturated rings. The zero-order valence-corrected chi connectivity index (χ0v) is 12.0. The number of aliphatic hydroxyl groups is 1. The van der Waals surface area contributed by atoms with Crippen LogP contribution in [0.2, 0.25) is 0 Å². The molecule has 0 heterocycles. The molecule has 0 aromatic heterocycles. The number of benzene rings is 2. The molecule has 0 bridgehead atoms. The number of hydrogen-bond acceptors (Lipinski definition) is 3. The van der Waals surface area contributed by atoms with Gasteiger partial charge >= 0.3 is 5.97 Å². The van der Waals surface area contributed by atoms with Crippen molar-refractivity contribution < 1.29 is 19.7 Å². The summed E-state index contributed by atoms with van der Waals surface area (Å²) in [6, 6.07) is 12.2. The number of aromatic carboxylic acids is 1. The third kappa shape index (κ3) is 3.83. The van der Waals surface area contributed by atoms with Gasteiger partial charge in [0.1, 0.15) is 12.4 Å². The van der Waals surface area contributed by atoms with Gasteiger partial charge < -0.3 is 14.9 Å². The summed E-state index contributed by atoms with van der Waals surface area (Å²) >= 11 is 0. The average Bonchev–Trinajstić information content (AvgIpc) is 2.46. The largest absolute Gasteiger partial charge is 0.489 e. The minimum absolute atomic E-state index is 0.249. The number of hydrogen-bond donors (Lipinski definition) is 2. The van der Waals surface area contributed by atoms with Gasteiger partial charge in [-0.25, -0.2) is 4.79 Å². The number of aryl methyl sites for hydroxylation is 1. The van der Waals surface area contributed by atoms with Crippen molar-refractivity contribution in [1.82, 2.24) is 0 Å². The molecule has 2 N–H and O–H groups in total. The molecule has 2 rings (SSSR count). The van der Waals surface area contributed by atoms with Crippen LogP contribution in [0.15, 0.2) is 42.5 Å². The Hall–Kier alpha value is -2.33. The van der Waals surface area contributed by atoms with Gasteiger partial charge in [-0.05, 0) is 43.7 Å². The minimum atomic E-state index is -0.947. The number of aliphatic hydroxyl groups excluding tert-OH is 1. The highest BCUT2D eigenvalue weighted by Crippen LogP contribution is 2.27. The average molecular weight is 286 g/mol. The Morgan fingerprint density at radius 3 is 2.43 bits per heavy atom. The molecule has 0 amide bonds. The van der Waals surface area contributed by atoms with Gasteiger partial charge in [0.15, 0.2) is 0 Å². The summed E-state index contributed by atoms with van der Waals surface area (Å²) in [5, 5.41) is 18.6. The molecule has 0 radical (unpaired) electrons. The van der Waals surface area contributed by atoms with Gasteiger partial charge in [0.25, 0.3) is 0 Å². The third-order valence-electron chi connectivity index (χ3n) is 3.21. The van der Waals surface area contributed by atoms with Crippen molar-refractivity contribution in [3.8, 4) is 5.75 Å². The van der Waals surface area contributed by atoms with Crippen LogP contribution in [-0.4, -0.2) is 16.2 Å². The maximum absolute atomic E-state index is 10.8. The van der Waals surface area contributed by atoms with E-state index in [9.17, 15) is 9.90 Å². The predicted octanol–water partition coefficient (Wildman–Crippen LogP) is 3.33. The van der Waals surface area contributed by atoms with Crippen LogP contribution in [0.3, 0.4) is 0 Å². The molecular formula is C17H18O4. The van der Waals surface area contributed by atoms with Crippen LogP contribution in [0.25, 0.3) is 0 Å². The van der Waals surface area contributed by atoms with Gasteiger partial charge in [-0.15, -0.1) is 0 Å². The van der Waals surface area contributed by atoms with Gasteiger partial charge in [-0.2, -0.15) is 0 Å². The molecule has 0 aliphatic heterocycles. The van der Waals surface area contributed by atoms with Gasteiger partial charge in [0.05, 0.1) is 11.7 Å². The van der Waals surface area contributed by atoms with Crippen LogP contribution in [0.5, 0.6) is 5.75 Å².